The van der Waals surface area contributed by atoms with Gasteiger partial charge in [-0.3, -0.25) is 4.79 Å². The van der Waals surface area contributed by atoms with Gasteiger partial charge in [0.15, 0.2) is 0 Å². The van der Waals surface area contributed by atoms with Crippen LogP contribution in [0.2, 0.25) is 0 Å². The average Bonchev–Trinajstić information content (AvgIpc) is 2.52. The summed E-state index contributed by atoms with van der Waals surface area (Å²) in [6.45, 7) is 1.70. The Balaban J connectivity index is 1.89. The minimum atomic E-state index is -0.526. The molecule has 0 saturated heterocycles. The van der Waals surface area contributed by atoms with Crippen LogP contribution in [0.25, 0.3) is 0 Å². The van der Waals surface area contributed by atoms with Crippen molar-refractivity contribution in [3.63, 3.8) is 0 Å². The summed E-state index contributed by atoms with van der Waals surface area (Å²) in [4.78, 5) is 23.7. The molecule has 22 heavy (non-hydrogen) atoms. The number of rotatable bonds is 5. The van der Waals surface area contributed by atoms with Gasteiger partial charge in [0.05, 0.1) is 7.11 Å². The van der Waals surface area contributed by atoms with E-state index in [9.17, 15) is 9.59 Å². The van der Waals surface area contributed by atoms with Crippen LogP contribution in [0.3, 0.4) is 0 Å². The third-order valence-electron chi connectivity index (χ3n) is 2.95. The Hall–Kier alpha value is -2.82. The van der Waals surface area contributed by atoms with Gasteiger partial charge in [-0.1, -0.05) is 18.2 Å². The summed E-state index contributed by atoms with van der Waals surface area (Å²) in [5, 5.41) is 2.52. The van der Waals surface area contributed by atoms with Crippen molar-refractivity contribution in [1.82, 2.24) is 5.32 Å². The summed E-state index contributed by atoms with van der Waals surface area (Å²) in [6.07, 6.45) is 0. The summed E-state index contributed by atoms with van der Waals surface area (Å²) in [7, 11) is 1.52. The van der Waals surface area contributed by atoms with E-state index in [4.69, 9.17) is 9.47 Å². The first-order valence-corrected chi connectivity index (χ1v) is 6.78. The fraction of sp³-hybridized carbons (Fsp3) is 0.176. The molecule has 0 spiro atoms. The Labute approximate surface area is 128 Å². The van der Waals surface area contributed by atoms with E-state index in [1.807, 2.05) is 13.0 Å². The number of esters is 1. The van der Waals surface area contributed by atoms with E-state index < -0.39 is 5.97 Å². The quantitative estimate of drug-likeness (QED) is 0.680. The predicted molar refractivity (Wildman–Crippen MR) is 82.1 cm³/mol. The lowest BCUT2D eigenvalue weighted by molar-refractivity contribution is -0.133. The lowest BCUT2D eigenvalue weighted by Gasteiger charge is -2.07. The molecule has 2 rings (SSSR count). The molecule has 114 valence electrons. The molecule has 0 aliphatic rings. The van der Waals surface area contributed by atoms with Gasteiger partial charge in [-0.2, -0.15) is 0 Å². The van der Waals surface area contributed by atoms with E-state index in [2.05, 4.69) is 5.32 Å². The zero-order valence-corrected chi connectivity index (χ0v) is 12.5. The minimum Gasteiger partial charge on any atom is -0.497 e. The molecule has 0 aromatic heterocycles. The Bertz CT molecular complexity index is 682. The maximum atomic E-state index is 11.9. The van der Waals surface area contributed by atoms with Crippen molar-refractivity contribution in [2.24, 2.45) is 0 Å². The highest BCUT2D eigenvalue weighted by atomic mass is 16.5. The van der Waals surface area contributed by atoms with Crippen molar-refractivity contribution in [3.05, 3.63) is 59.7 Å². The van der Waals surface area contributed by atoms with E-state index in [1.54, 1.807) is 42.5 Å². The summed E-state index contributed by atoms with van der Waals surface area (Å²) in [6, 6.07) is 13.8. The van der Waals surface area contributed by atoms with E-state index in [1.165, 1.54) is 7.11 Å². The highest BCUT2D eigenvalue weighted by Gasteiger charge is 2.10. The van der Waals surface area contributed by atoms with Crippen LogP contribution in [0.15, 0.2) is 48.5 Å². The number of aryl methyl sites for hydroxylation is 1. The maximum absolute atomic E-state index is 11.9. The number of hydrogen-bond acceptors (Lipinski definition) is 4. The standard InChI is InChI=1S/C17H17NO4/c1-12-5-3-8-15(9-12)22-16(19)11-18-17(20)13-6-4-7-14(10-13)21-2/h3-10H,11H2,1-2H3,(H,18,20). The molecule has 0 saturated carbocycles. The number of methoxy groups -OCH3 is 1. The van der Waals surface area contributed by atoms with Gasteiger partial charge in [-0.05, 0) is 42.8 Å². The second kappa shape index (κ2) is 7.26. The summed E-state index contributed by atoms with van der Waals surface area (Å²) >= 11 is 0. The lowest BCUT2D eigenvalue weighted by Crippen LogP contribution is -2.31. The van der Waals surface area contributed by atoms with Crippen LogP contribution in [-0.2, 0) is 4.79 Å². The molecule has 1 amide bonds. The van der Waals surface area contributed by atoms with Crippen molar-refractivity contribution < 1.29 is 19.1 Å². The first kappa shape index (κ1) is 15.6. The van der Waals surface area contributed by atoms with Crippen LogP contribution >= 0.6 is 0 Å². The molecule has 0 bridgehead atoms. The van der Waals surface area contributed by atoms with Gasteiger partial charge >= 0.3 is 5.97 Å². The van der Waals surface area contributed by atoms with Crippen LogP contribution < -0.4 is 14.8 Å². The van der Waals surface area contributed by atoms with Crippen LogP contribution in [-0.4, -0.2) is 25.5 Å². The maximum Gasteiger partial charge on any atom is 0.330 e. The van der Waals surface area contributed by atoms with Crippen LogP contribution in [0.1, 0.15) is 15.9 Å². The van der Waals surface area contributed by atoms with Crippen molar-refractivity contribution in [1.29, 1.82) is 0 Å². The van der Waals surface area contributed by atoms with Crippen LogP contribution in [0.5, 0.6) is 11.5 Å². The second-order valence-corrected chi connectivity index (χ2v) is 4.71. The molecule has 0 atom stereocenters. The topological polar surface area (TPSA) is 64.6 Å². The molecular formula is C17H17NO4. The molecule has 0 unspecified atom stereocenters. The molecule has 2 aromatic rings. The van der Waals surface area contributed by atoms with Gasteiger partial charge < -0.3 is 14.8 Å². The first-order chi connectivity index (χ1) is 10.6. The monoisotopic (exact) mass is 299 g/mol. The number of hydrogen-bond donors (Lipinski definition) is 1. The summed E-state index contributed by atoms with van der Waals surface area (Å²) in [5.41, 5.74) is 1.41. The minimum absolute atomic E-state index is 0.204. The van der Waals surface area contributed by atoms with Gasteiger partial charge in [-0.25, -0.2) is 4.79 Å². The van der Waals surface area contributed by atoms with E-state index in [0.717, 1.165) is 5.56 Å². The molecule has 0 aliphatic heterocycles. The second-order valence-electron chi connectivity index (χ2n) is 4.71. The van der Waals surface area contributed by atoms with E-state index in [-0.39, 0.29) is 12.5 Å². The number of amides is 1. The van der Waals surface area contributed by atoms with Gasteiger partial charge in [0.1, 0.15) is 18.0 Å². The normalized spacial score (nSPS) is 9.91. The Kier molecular flexibility index (Phi) is 5.14. The lowest BCUT2D eigenvalue weighted by atomic mass is 10.2. The molecule has 5 nitrogen and oxygen atoms in total. The largest absolute Gasteiger partial charge is 0.497 e. The third-order valence-corrected chi connectivity index (χ3v) is 2.95. The smallest absolute Gasteiger partial charge is 0.330 e. The van der Waals surface area contributed by atoms with Gasteiger partial charge in [0.25, 0.3) is 5.91 Å². The molecule has 0 aliphatic carbocycles. The first-order valence-electron chi connectivity index (χ1n) is 6.78. The van der Waals surface area contributed by atoms with Crippen molar-refractivity contribution in [3.8, 4) is 11.5 Å². The third kappa shape index (κ3) is 4.34. The molecule has 0 radical (unpaired) electrons. The zero-order chi connectivity index (χ0) is 15.9. The Morgan fingerprint density at radius 3 is 2.50 bits per heavy atom. The number of carbonyl (C=O) groups is 2. The number of nitrogens with one attached hydrogen (secondary N) is 1. The van der Waals surface area contributed by atoms with E-state index >= 15 is 0 Å². The highest BCUT2D eigenvalue weighted by Crippen LogP contribution is 2.13. The summed E-state index contributed by atoms with van der Waals surface area (Å²) < 4.78 is 10.2. The molecular weight excluding hydrogens is 282 g/mol. The SMILES string of the molecule is COc1cccc(C(=O)NCC(=O)Oc2cccc(C)c2)c1. The fourth-order valence-electron chi connectivity index (χ4n) is 1.87. The van der Waals surface area contributed by atoms with Crippen molar-refractivity contribution >= 4 is 11.9 Å². The van der Waals surface area contributed by atoms with Gasteiger partial charge in [0.2, 0.25) is 0 Å². The number of benzene rings is 2. The van der Waals surface area contributed by atoms with E-state index in [0.29, 0.717) is 17.1 Å². The van der Waals surface area contributed by atoms with Crippen LogP contribution in [0, 0.1) is 6.92 Å². The van der Waals surface area contributed by atoms with Crippen LogP contribution in [0.4, 0.5) is 0 Å². The average molecular weight is 299 g/mol. The molecule has 0 heterocycles. The van der Waals surface area contributed by atoms with Crippen molar-refractivity contribution in [2.75, 3.05) is 13.7 Å². The highest BCUT2D eigenvalue weighted by molar-refractivity contribution is 5.96. The molecule has 0 fully saturated rings. The summed E-state index contributed by atoms with van der Waals surface area (Å²) in [5.74, 6) is 0.151. The number of carbonyl (C=O) groups excluding carboxylic acids is 2. The van der Waals surface area contributed by atoms with Crippen molar-refractivity contribution in [2.45, 2.75) is 6.92 Å². The van der Waals surface area contributed by atoms with Gasteiger partial charge in [-0.15, -0.1) is 0 Å². The molecule has 2 aromatic carbocycles. The zero-order valence-electron chi connectivity index (χ0n) is 12.5. The molecule has 5 heteroatoms. The Morgan fingerprint density at radius 2 is 1.77 bits per heavy atom. The fourth-order valence-corrected chi connectivity index (χ4v) is 1.87. The molecule has 1 N–H and O–H groups in total. The number of ether oxygens (including phenoxy) is 2. The van der Waals surface area contributed by atoms with Gasteiger partial charge in [0, 0.05) is 5.56 Å². The predicted octanol–water partition coefficient (Wildman–Crippen LogP) is 2.34. The Morgan fingerprint density at radius 1 is 1.05 bits per heavy atom.